The standard InChI is InChI=1S/C22H26ClF2N3O2.C2H6/c23-17-5-1-6-18-20(17)16(14-28(18)11-10-27-9-3-7-19(27)29)21(30)26-13-15-4-2-8-22(24,25)12-15;1-2/h1,5-6,14-15H,2-4,7-13H2,(H,26,30);1-2H3. The van der Waals surface area contributed by atoms with Crippen molar-refractivity contribution in [2.75, 3.05) is 19.6 Å². The van der Waals surface area contributed by atoms with Crippen molar-refractivity contribution < 1.29 is 18.4 Å². The van der Waals surface area contributed by atoms with E-state index in [1.807, 2.05) is 35.4 Å². The largest absolute Gasteiger partial charge is 0.352 e. The summed E-state index contributed by atoms with van der Waals surface area (Å²) < 4.78 is 29.2. The molecule has 2 amide bonds. The molecule has 1 aliphatic heterocycles. The maximum absolute atomic E-state index is 13.6. The van der Waals surface area contributed by atoms with E-state index in [-0.39, 0.29) is 37.1 Å². The molecule has 1 aliphatic carbocycles. The Kier molecular flexibility index (Phi) is 8.15. The number of carbonyl (C=O) groups excluding carboxylic acids is 2. The Bertz CT molecular complexity index is 960. The van der Waals surface area contributed by atoms with E-state index >= 15 is 0 Å². The zero-order valence-electron chi connectivity index (χ0n) is 18.8. The summed E-state index contributed by atoms with van der Waals surface area (Å²) in [7, 11) is 0. The number of halogens is 3. The highest BCUT2D eigenvalue weighted by molar-refractivity contribution is 6.36. The van der Waals surface area contributed by atoms with Crippen molar-refractivity contribution in [2.24, 2.45) is 5.92 Å². The number of hydrogen-bond acceptors (Lipinski definition) is 2. The summed E-state index contributed by atoms with van der Waals surface area (Å²) in [5, 5.41) is 3.96. The van der Waals surface area contributed by atoms with E-state index in [4.69, 9.17) is 11.6 Å². The molecule has 8 heteroatoms. The first-order valence-corrected chi connectivity index (χ1v) is 11.9. The summed E-state index contributed by atoms with van der Waals surface area (Å²) in [6, 6.07) is 5.45. The lowest BCUT2D eigenvalue weighted by Gasteiger charge is -2.28. The van der Waals surface area contributed by atoms with Gasteiger partial charge in [-0.1, -0.05) is 31.5 Å². The molecule has 1 aromatic carbocycles. The molecule has 2 fully saturated rings. The molecule has 0 bridgehead atoms. The third-order valence-corrected chi connectivity index (χ3v) is 6.49. The molecule has 2 heterocycles. The fourth-order valence-corrected chi connectivity index (χ4v) is 4.89. The minimum absolute atomic E-state index is 0.0694. The van der Waals surface area contributed by atoms with E-state index in [0.29, 0.717) is 48.3 Å². The van der Waals surface area contributed by atoms with Crippen molar-refractivity contribution in [3.8, 4) is 0 Å². The lowest BCUT2D eigenvalue weighted by molar-refractivity contribution is -0.127. The van der Waals surface area contributed by atoms with Gasteiger partial charge in [0.05, 0.1) is 16.1 Å². The molecule has 2 aromatic rings. The molecule has 1 unspecified atom stereocenters. The first-order chi connectivity index (χ1) is 15.3. The smallest absolute Gasteiger partial charge is 0.253 e. The van der Waals surface area contributed by atoms with Crippen LogP contribution < -0.4 is 5.32 Å². The average molecular weight is 468 g/mol. The highest BCUT2D eigenvalue weighted by atomic mass is 35.5. The van der Waals surface area contributed by atoms with E-state index in [2.05, 4.69) is 5.32 Å². The highest BCUT2D eigenvalue weighted by Crippen LogP contribution is 2.36. The number of aromatic nitrogens is 1. The van der Waals surface area contributed by atoms with Crippen molar-refractivity contribution in [1.29, 1.82) is 0 Å². The second kappa shape index (κ2) is 10.6. The fraction of sp³-hybridized carbons (Fsp3) is 0.583. The first kappa shape index (κ1) is 24.5. The topological polar surface area (TPSA) is 54.3 Å². The number of nitrogens with one attached hydrogen (secondary N) is 1. The molecule has 5 nitrogen and oxygen atoms in total. The van der Waals surface area contributed by atoms with Crippen LogP contribution >= 0.6 is 11.6 Å². The SMILES string of the molecule is CC.O=C(NCC1CCCC(F)(F)C1)c1cn(CCN2CCCC2=O)c2cccc(Cl)c12. The van der Waals surface area contributed by atoms with Crippen LogP contribution in [-0.4, -0.2) is 46.8 Å². The number of benzene rings is 1. The van der Waals surface area contributed by atoms with E-state index in [9.17, 15) is 18.4 Å². The molecule has 2 aliphatic rings. The second-order valence-corrected chi connectivity index (χ2v) is 8.79. The van der Waals surface area contributed by atoms with Gasteiger partial charge in [-0.05, 0) is 37.3 Å². The van der Waals surface area contributed by atoms with Gasteiger partial charge in [-0.15, -0.1) is 0 Å². The van der Waals surface area contributed by atoms with Gasteiger partial charge in [0, 0.05) is 57.0 Å². The van der Waals surface area contributed by atoms with Crippen LogP contribution in [-0.2, 0) is 11.3 Å². The minimum Gasteiger partial charge on any atom is -0.352 e. The maximum atomic E-state index is 13.6. The number of nitrogens with zero attached hydrogens (tertiary/aromatic N) is 2. The molecule has 1 N–H and O–H groups in total. The summed E-state index contributed by atoms with van der Waals surface area (Å²) in [4.78, 5) is 26.6. The van der Waals surface area contributed by atoms with Gasteiger partial charge in [0.15, 0.2) is 0 Å². The predicted octanol–water partition coefficient (Wildman–Crippen LogP) is 5.50. The quantitative estimate of drug-likeness (QED) is 0.610. The fourth-order valence-electron chi connectivity index (χ4n) is 4.62. The van der Waals surface area contributed by atoms with Gasteiger partial charge >= 0.3 is 0 Å². The number of carbonyl (C=O) groups is 2. The molecule has 1 aromatic heterocycles. The van der Waals surface area contributed by atoms with Crippen LogP contribution in [0.1, 0.15) is 62.7 Å². The Morgan fingerprint density at radius 1 is 1.25 bits per heavy atom. The summed E-state index contributed by atoms with van der Waals surface area (Å²) in [5.41, 5.74) is 1.26. The Morgan fingerprint density at radius 3 is 2.72 bits per heavy atom. The zero-order chi connectivity index (χ0) is 23.3. The van der Waals surface area contributed by atoms with E-state index in [1.54, 1.807) is 12.3 Å². The Balaban J connectivity index is 0.00000141. The Labute approximate surface area is 193 Å². The number of alkyl halides is 2. The molecule has 176 valence electrons. The van der Waals surface area contributed by atoms with E-state index < -0.39 is 5.92 Å². The van der Waals surface area contributed by atoms with Crippen molar-refractivity contribution in [2.45, 2.75) is 64.8 Å². The molecular weight excluding hydrogens is 436 g/mol. The molecule has 1 saturated heterocycles. The van der Waals surface area contributed by atoms with Crippen LogP contribution in [0.3, 0.4) is 0 Å². The minimum atomic E-state index is -2.64. The lowest BCUT2D eigenvalue weighted by Crippen LogP contribution is -2.35. The monoisotopic (exact) mass is 467 g/mol. The number of likely N-dealkylation sites (tertiary alicyclic amines) is 1. The Hall–Kier alpha value is -2.15. The van der Waals surface area contributed by atoms with Gasteiger partial charge in [-0.2, -0.15) is 0 Å². The lowest BCUT2D eigenvalue weighted by atomic mass is 9.86. The van der Waals surface area contributed by atoms with Gasteiger partial charge in [0.2, 0.25) is 11.8 Å². The third kappa shape index (κ3) is 5.61. The van der Waals surface area contributed by atoms with Crippen molar-refractivity contribution in [3.63, 3.8) is 0 Å². The average Bonchev–Trinajstić information content (AvgIpc) is 3.35. The van der Waals surface area contributed by atoms with Crippen LogP contribution in [0.4, 0.5) is 8.78 Å². The predicted molar refractivity (Wildman–Crippen MR) is 123 cm³/mol. The van der Waals surface area contributed by atoms with Crippen LogP contribution in [0.5, 0.6) is 0 Å². The van der Waals surface area contributed by atoms with Crippen LogP contribution in [0.15, 0.2) is 24.4 Å². The highest BCUT2D eigenvalue weighted by Gasteiger charge is 2.36. The first-order valence-electron chi connectivity index (χ1n) is 11.6. The molecule has 0 radical (unpaired) electrons. The van der Waals surface area contributed by atoms with Crippen molar-refractivity contribution in [3.05, 3.63) is 35.0 Å². The van der Waals surface area contributed by atoms with Crippen LogP contribution in [0.25, 0.3) is 10.9 Å². The Morgan fingerprint density at radius 2 is 2.03 bits per heavy atom. The molecule has 1 atom stereocenters. The second-order valence-electron chi connectivity index (χ2n) is 8.38. The van der Waals surface area contributed by atoms with E-state index in [1.165, 1.54) is 0 Å². The molecular formula is C24H32ClF2N3O2. The van der Waals surface area contributed by atoms with Gasteiger partial charge in [0.25, 0.3) is 5.91 Å². The number of hydrogen-bond donors (Lipinski definition) is 1. The third-order valence-electron chi connectivity index (χ3n) is 6.18. The molecule has 1 saturated carbocycles. The molecule has 0 spiro atoms. The summed E-state index contributed by atoms with van der Waals surface area (Å²) in [6.45, 7) is 6.13. The van der Waals surface area contributed by atoms with Gasteiger partial charge in [-0.3, -0.25) is 9.59 Å². The normalized spacial score (nSPS) is 20.2. The zero-order valence-corrected chi connectivity index (χ0v) is 19.6. The van der Waals surface area contributed by atoms with Crippen LogP contribution in [0.2, 0.25) is 5.02 Å². The van der Waals surface area contributed by atoms with Gasteiger partial charge in [-0.25, -0.2) is 8.78 Å². The number of rotatable bonds is 6. The summed E-state index contributed by atoms with van der Waals surface area (Å²) in [6.07, 6.45) is 4.15. The summed E-state index contributed by atoms with van der Waals surface area (Å²) in [5.74, 6) is -3.01. The molecule has 4 rings (SSSR count). The number of fused-ring (bicyclic) bond motifs is 1. The molecule has 32 heavy (non-hydrogen) atoms. The van der Waals surface area contributed by atoms with Gasteiger partial charge in [0.1, 0.15) is 0 Å². The van der Waals surface area contributed by atoms with E-state index in [0.717, 1.165) is 18.5 Å². The number of amides is 2. The maximum Gasteiger partial charge on any atom is 0.253 e. The van der Waals surface area contributed by atoms with Crippen molar-refractivity contribution >= 4 is 34.3 Å². The van der Waals surface area contributed by atoms with Crippen molar-refractivity contribution in [1.82, 2.24) is 14.8 Å². The van der Waals surface area contributed by atoms with Gasteiger partial charge < -0.3 is 14.8 Å². The summed E-state index contributed by atoms with van der Waals surface area (Å²) >= 11 is 6.40. The van der Waals surface area contributed by atoms with Crippen LogP contribution in [0, 0.1) is 5.92 Å².